The quantitative estimate of drug-likeness (QED) is 0.676. The number of rotatable bonds is 5. The average Bonchev–Trinajstić information content (AvgIpc) is 2.64. The van der Waals surface area contributed by atoms with Gasteiger partial charge in [-0.3, -0.25) is 9.59 Å². The molecule has 146 valence electrons. The Morgan fingerprint density at radius 2 is 1.86 bits per heavy atom. The van der Waals surface area contributed by atoms with Crippen molar-refractivity contribution in [2.75, 3.05) is 11.9 Å². The monoisotopic (exact) mass is 401 g/mol. The lowest BCUT2D eigenvalue weighted by Crippen LogP contribution is -2.23. The molecule has 0 atom stereocenters. The molecular formula is C19H19N3O5S. The largest absolute Gasteiger partial charge is 0.494 e. The number of nitrogens with one attached hydrogen (secondary N) is 1. The van der Waals surface area contributed by atoms with Crippen molar-refractivity contribution in [1.29, 1.82) is 0 Å². The Kier molecular flexibility index (Phi) is 5.21. The van der Waals surface area contributed by atoms with Crippen LogP contribution in [0.15, 0.2) is 58.4 Å². The topological polar surface area (TPSA) is 120 Å². The molecule has 8 nitrogen and oxygen atoms in total. The highest BCUT2D eigenvalue weighted by molar-refractivity contribution is 7.89. The Morgan fingerprint density at radius 3 is 2.46 bits per heavy atom. The number of aromatic nitrogens is 1. The Bertz CT molecular complexity index is 1210. The van der Waals surface area contributed by atoms with Gasteiger partial charge >= 0.3 is 0 Å². The number of aryl methyl sites for hydroxylation is 1. The number of fused-ring (bicyclic) bond motifs is 1. The minimum Gasteiger partial charge on any atom is -0.494 e. The van der Waals surface area contributed by atoms with Crippen molar-refractivity contribution in [3.8, 4) is 5.75 Å². The van der Waals surface area contributed by atoms with Crippen LogP contribution in [0.4, 0.5) is 5.69 Å². The molecule has 28 heavy (non-hydrogen) atoms. The molecule has 0 saturated carbocycles. The number of pyridine rings is 1. The Balaban J connectivity index is 1.97. The van der Waals surface area contributed by atoms with Crippen LogP contribution in [0.3, 0.4) is 0 Å². The molecular weight excluding hydrogens is 382 g/mol. The summed E-state index contributed by atoms with van der Waals surface area (Å²) >= 11 is 0. The van der Waals surface area contributed by atoms with Crippen LogP contribution in [0.2, 0.25) is 0 Å². The van der Waals surface area contributed by atoms with Gasteiger partial charge in [0.15, 0.2) is 0 Å². The summed E-state index contributed by atoms with van der Waals surface area (Å²) in [4.78, 5) is 25.4. The molecule has 0 aliphatic heterocycles. The molecule has 0 fully saturated rings. The van der Waals surface area contributed by atoms with Crippen molar-refractivity contribution < 1.29 is 17.9 Å². The molecule has 0 saturated heterocycles. The third-order valence-electron chi connectivity index (χ3n) is 4.16. The van der Waals surface area contributed by atoms with Crippen LogP contribution in [0, 0.1) is 0 Å². The van der Waals surface area contributed by atoms with E-state index in [1.54, 1.807) is 29.8 Å². The smallest absolute Gasteiger partial charge is 0.261 e. The number of nitrogens with zero attached hydrogens (tertiary/aromatic N) is 1. The molecule has 0 bridgehead atoms. The normalized spacial score (nSPS) is 11.4. The van der Waals surface area contributed by atoms with E-state index < -0.39 is 21.4 Å². The van der Waals surface area contributed by atoms with Crippen LogP contribution >= 0.6 is 0 Å². The summed E-state index contributed by atoms with van der Waals surface area (Å²) in [5.41, 5.74) is 0.539. The molecule has 0 radical (unpaired) electrons. The van der Waals surface area contributed by atoms with E-state index in [1.165, 1.54) is 30.5 Å². The maximum Gasteiger partial charge on any atom is 0.261 e. The van der Waals surface area contributed by atoms with Crippen LogP contribution in [-0.4, -0.2) is 25.5 Å². The predicted octanol–water partition coefficient (Wildman–Crippen LogP) is 1.84. The van der Waals surface area contributed by atoms with E-state index in [2.05, 4.69) is 5.32 Å². The van der Waals surface area contributed by atoms with E-state index in [1.807, 2.05) is 6.92 Å². The summed E-state index contributed by atoms with van der Waals surface area (Å²) in [6.07, 6.45) is 1.46. The SMILES string of the molecule is CCOc1ccc2c(c1)c(=O)c(C(=O)Nc1ccc(S(N)(=O)=O)cc1)cn2C. The number of carbonyl (C=O) groups is 1. The van der Waals surface area contributed by atoms with E-state index in [-0.39, 0.29) is 10.5 Å². The third-order valence-corrected chi connectivity index (χ3v) is 5.09. The van der Waals surface area contributed by atoms with Crippen LogP contribution in [-0.2, 0) is 17.1 Å². The van der Waals surface area contributed by atoms with E-state index >= 15 is 0 Å². The van der Waals surface area contributed by atoms with Gasteiger partial charge in [0, 0.05) is 18.9 Å². The number of benzene rings is 2. The number of ether oxygens (including phenoxy) is 1. The van der Waals surface area contributed by atoms with E-state index in [4.69, 9.17) is 9.88 Å². The first kappa shape index (κ1) is 19.6. The lowest BCUT2D eigenvalue weighted by molar-refractivity contribution is 0.102. The number of primary sulfonamides is 1. The van der Waals surface area contributed by atoms with Gasteiger partial charge < -0.3 is 14.6 Å². The third kappa shape index (κ3) is 3.90. The standard InChI is InChI=1S/C19H19N3O5S/c1-3-27-13-6-9-17-15(10-13)18(23)16(11-22(17)2)19(24)21-12-4-7-14(8-5-12)28(20,25)26/h4-11H,3H2,1-2H3,(H,21,24)(H2,20,25,26). The molecule has 9 heteroatoms. The van der Waals surface area contributed by atoms with Gasteiger partial charge in [-0.2, -0.15) is 0 Å². The number of carbonyl (C=O) groups excluding carboxylic acids is 1. The average molecular weight is 401 g/mol. The summed E-state index contributed by atoms with van der Waals surface area (Å²) < 4.78 is 29.7. The summed E-state index contributed by atoms with van der Waals surface area (Å²) in [5, 5.41) is 8.01. The van der Waals surface area contributed by atoms with Gasteiger partial charge in [0.1, 0.15) is 11.3 Å². The Labute approximate surface area is 161 Å². The number of amides is 1. The maximum atomic E-state index is 12.8. The van der Waals surface area contributed by atoms with Crippen molar-refractivity contribution in [3.63, 3.8) is 0 Å². The fourth-order valence-corrected chi connectivity index (χ4v) is 3.33. The van der Waals surface area contributed by atoms with Gasteiger partial charge in [-0.15, -0.1) is 0 Å². The number of nitrogens with two attached hydrogens (primary N) is 1. The van der Waals surface area contributed by atoms with Crippen LogP contribution in [0.5, 0.6) is 5.75 Å². The fourth-order valence-electron chi connectivity index (χ4n) is 2.82. The van der Waals surface area contributed by atoms with Gasteiger partial charge in [0.05, 0.1) is 22.4 Å². The first-order valence-electron chi connectivity index (χ1n) is 8.41. The summed E-state index contributed by atoms with van der Waals surface area (Å²) in [6.45, 7) is 2.30. The zero-order valence-electron chi connectivity index (χ0n) is 15.3. The number of sulfonamides is 1. The van der Waals surface area contributed by atoms with Gasteiger partial charge in [-0.25, -0.2) is 13.6 Å². The van der Waals surface area contributed by atoms with Gasteiger partial charge in [-0.05, 0) is 49.4 Å². The highest BCUT2D eigenvalue weighted by Gasteiger charge is 2.16. The molecule has 3 N–H and O–H groups in total. The summed E-state index contributed by atoms with van der Waals surface area (Å²) in [5.74, 6) is -0.0593. The highest BCUT2D eigenvalue weighted by Crippen LogP contribution is 2.19. The molecule has 0 unspecified atom stereocenters. The van der Waals surface area contributed by atoms with E-state index in [0.29, 0.717) is 28.9 Å². The van der Waals surface area contributed by atoms with E-state index in [0.717, 1.165) is 0 Å². The van der Waals surface area contributed by atoms with Crippen molar-refractivity contribution in [2.24, 2.45) is 12.2 Å². The second kappa shape index (κ2) is 7.45. The second-order valence-electron chi connectivity index (χ2n) is 6.12. The first-order chi connectivity index (χ1) is 13.2. The maximum absolute atomic E-state index is 12.8. The summed E-state index contributed by atoms with van der Waals surface area (Å²) in [7, 11) is -2.09. The predicted molar refractivity (Wildman–Crippen MR) is 106 cm³/mol. The van der Waals surface area contributed by atoms with Crippen molar-refractivity contribution in [2.45, 2.75) is 11.8 Å². The van der Waals surface area contributed by atoms with Crippen molar-refractivity contribution >= 4 is 32.5 Å². The summed E-state index contributed by atoms with van der Waals surface area (Å²) in [6, 6.07) is 10.5. The number of hydrogen-bond donors (Lipinski definition) is 2. The van der Waals surface area contributed by atoms with Crippen molar-refractivity contribution in [1.82, 2.24) is 4.57 Å². The van der Waals surface area contributed by atoms with Crippen LogP contribution in [0.25, 0.3) is 10.9 Å². The van der Waals surface area contributed by atoms with Gasteiger partial charge in [0.25, 0.3) is 5.91 Å². The Morgan fingerprint density at radius 1 is 1.18 bits per heavy atom. The number of anilines is 1. The minimum atomic E-state index is -3.82. The molecule has 1 heterocycles. The van der Waals surface area contributed by atoms with Crippen molar-refractivity contribution in [3.05, 3.63) is 64.4 Å². The lowest BCUT2D eigenvalue weighted by Gasteiger charge is -2.11. The second-order valence-corrected chi connectivity index (χ2v) is 7.68. The van der Waals surface area contributed by atoms with Crippen LogP contribution in [0.1, 0.15) is 17.3 Å². The highest BCUT2D eigenvalue weighted by atomic mass is 32.2. The molecule has 0 spiro atoms. The molecule has 0 aliphatic carbocycles. The van der Waals surface area contributed by atoms with Gasteiger partial charge in [0.2, 0.25) is 15.5 Å². The molecule has 1 amide bonds. The van der Waals surface area contributed by atoms with Crippen LogP contribution < -0.4 is 20.6 Å². The zero-order chi connectivity index (χ0) is 20.5. The van der Waals surface area contributed by atoms with Gasteiger partial charge in [-0.1, -0.05) is 0 Å². The lowest BCUT2D eigenvalue weighted by atomic mass is 10.1. The van der Waals surface area contributed by atoms with E-state index in [9.17, 15) is 18.0 Å². The zero-order valence-corrected chi connectivity index (χ0v) is 16.1. The molecule has 1 aromatic heterocycles. The molecule has 3 aromatic rings. The fraction of sp³-hybridized carbons (Fsp3) is 0.158. The Hall–Kier alpha value is -3.17. The molecule has 3 rings (SSSR count). The number of hydrogen-bond acceptors (Lipinski definition) is 5. The molecule has 0 aliphatic rings. The first-order valence-corrected chi connectivity index (χ1v) is 9.95. The molecule has 2 aromatic carbocycles. The minimum absolute atomic E-state index is 0.0424.